The van der Waals surface area contributed by atoms with Crippen LogP contribution in [0.2, 0.25) is 0 Å². The third kappa shape index (κ3) is 2.89. The fraction of sp³-hybridized carbons (Fsp3) is 0.571. The average molecular weight is 316 g/mol. The van der Waals surface area contributed by atoms with Crippen molar-refractivity contribution in [2.75, 3.05) is 18.0 Å². The Morgan fingerprint density at radius 1 is 1.10 bits per heavy atom. The van der Waals surface area contributed by atoms with E-state index in [0.29, 0.717) is 12.1 Å². The fourth-order valence-electron chi connectivity index (χ4n) is 3.13. The molecule has 0 amide bonds. The van der Waals surface area contributed by atoms with Crippen molar-refractivity contribution in [1.82, 2.24) is 5.32 Å². The summed E-state index contributed by atoms with van der Waals surface area (Å²) >= 11 is 0. The normalized spacial score (nSPS) is 26.1. The molecule has 0 spiro atoms. The predicted octanol–water partition coefficient (Wildman–Crippen LogP) is 2.01. The van der Waals surface area contributed by atoms with Gasteiger partial charge >= 0.3 is 5.76 Å². The number of halogens is 2. The Kier molecular flexibility index (Phi) is 3.88. The zero-order valence-electron chi connectivity index (χ0n) is 11.5. The summed E-state index contributed by atoms with van der Waals surface area (Å²) in [7, 11) is -4.50. The molecule has 0 saturated carbocycles. The van der Waals surface area contributed by atoms with E-state index in [1.165, 1.54) is 18.6 Å². The van der Waals surface area contributed by atoms with Gasteiger partial charge in [-0.25, -0.2) is 8.42 Å². The number of hydrogen-bond donors (Lipinski definition) is 1. The van der Waals surface area contributed by atoms with Gasteiger partial charge in [-0.05, 0) is 43.5 Å². The maximum atomic E-state index is 12.5. The SMILES string of the molecule is O=S(=O)(c1ccc(N2CCC3CCC(C2)N3)cc1)C(F)F. The van der Waals surface area contributed by atoms with Crippen LogP contribution in [0.15, 0.2) is 29.2 Å². The van der Waals surface area contributed by atoms with Gasteiger partial charge in [0.1, 0.15) is 0 Å². The Balaban J connectivity index is 1.78. The lowest BCUT2D eigenvalue weighted by molar-refractivity contribution is 0.234. The van der Waals surface area contributed by atoms with Crippen molar-refractivity contribution in [3.63, 3.8) is 0 Å². The molecule has 2 aliphatic heterocycles. The highest BCUT2D eigenvalue weighted by Gasteiger charge is 2.30. The first-order valence-electron chi connectivity index (χ1n) is 7.10. The summed E-state index contributed by atoms with van der Waals surface area (Å²) in [5.41, 5.74) is 0.887. The number of anilines is 1. The molecule has 2 unspecified atom stereocenters. The van der Waals surface area contributed by atoms with Crippen LogP contribution < -0.4 is 10.2 Å². The lowest BCUT2D eigenvalue weighted by Crippen LogP contribution is -2.35. The first kappa shape index (κ1) is 14.7. The van der Waals surface area contributed by atoms with Crippen LogP contribution in [-0.4, -0.2) is 39.3 Å². The van der Waals surface area contributed by atoms with Crippen molar-refractivity contribution in [2.45, 2.75) is 42.0 Å². The summed E-state index contributed by atoms with van der Waals surface area (Å²) in [4.78, 5) is 1.87. The Morgan fingerprint density at radius 3 is 2.43 bits per heavy atom. The Labute approximate surface area is 123 Å². The molecule has 0 radical (unpaired) electrons. The molecule has 2 aliphatic rings. The maximum absolute atomic E-state index is 12.5. The van der Waals surface area contributed by atoms with Crippen molar-refractivity contribution < 1.29 is 17.2 Å². The molecule has 2 atom stereocenters. The molecule has 0 aromatic heterocycles. The second-order valence-corrected chi connectivity index (χ2v) is 7.59. The van der Waals surface area contributed by atoms with Gasteiger partial charge in [0.15, 0.2) is 0 Å². The molecule has 21 heavy (non-hydrogen) atoms. The van der Waals surface area contributed by atoms with Gasteiger partial charge in [-0.15, -0.1) is 0 Å². The van der Waals surface area contributed by atoms with Gasteiger partial charge in [0.05, 0.1) is 4.90 Å². The Hall–Kier alpha value is -1.21. The molecule has 2 heterocycles. The monoisotopic (exact) mass is 316 g/mol. The van der Waals surface area contributed by atoms with E-state index in [0.717, 1.165) is 31.6 Å². The summed E-state index contributed by atoms with van der Waals surface area (Å²) in [6, 6.07) is 6.81. The van der Waals surface area contributed by atoms with E-state index in [1.807, 2.05) is 0 Å². The van der Waals surface area contributed by atoms with Crippen LogP contribution >= 0.6 is 0 Å². The number of alkyl halides is 2. The third-order valence-corrected chi connectivity index (χ3v) is 5.69. The van der Waals surface area contributed by atoms with Crippen LogP contribution in [0, 0.1) is 0 Å². The van der Waals surface area contributed by atoms with Gasteiger partial charge in [0.2, 0.25) is 9.84 Å². The van der Waals surface area contributed by atoms with Crippen molar-refractivity contribution in [2.24, 2.45) is 0 Å². The maximum Gasteiger partial charge on any atom is 0.341 e. The van der Waals surface area contributed by atoms with Gasteiger partial charge in [-0.3, -0.25) is 0 Å². The molecule has 4 nitrogen and oxygen atoms in total. The van der Waals surface area contributed by atoms with Crippen LogP contribution in [0.3, 0.4) is 0 Å². The summed E-state index contributed by atoms with van der Waals surface area (Å²) in [6.45, 7) is 1.77. The minimum absolute atomic E-state index is 0.323. The molecule has 1 aromatic rings. The van der Waals surface area contributed by atoms with Crippen molar-refractivity contribution in [3.05, 3.63) is 24.3 Å². The quantitative estimate of drug-likeness (QED) is 0.927. The molecule has 1 aromatic carbocycles. The standard InChI is InChI=1S/C14H18F2N2O2S/c15-14(16)21(19,20)13-5-3-12(4-6-13)18-8-7-10-1-2-11(9-18)17-10/h3-6,10-11,14,17H,1-2,7-9H2. The number of fused-ring (bicyclic) bond motifs is 2. The fourth-order valence-corrected chi connectivity index (χ4v) is 3.85. The Bertz CT molecular complexity index is 604. The molecule has 7 heteroatoms. The van der Waals surface area contributed by atoms with Crippen molar-refractivity contribution in [1.29, 1.82) is 0 Å². The average Bonchev–Trinajstić information content (AvgIpc) is 2.78. The minimum Gasteiger partial charge on any atom is -0.370 e. The topological polar surface area (TPSA) is 49.4 Å². The highest BCUT2D eigenvalue weighted by Crippen LogP contribution is 2.26. The van der Waals surface area contributed by atoms with E-state index in [2.05, 4.69) is 10.2 Å². The molecular formula is C14H18F2N2O2S. The Morgan fingerprint density at radius 2 is 1.76 bits per heavy atom. The zero-order valence-corrected chi connectivity index (χ0v) is 12.3. The molecule has 2 bridgehead atoms. The molecule has 2 saturated heterocycles. The number of hydrogen-bond acceptors (Lipinski definition) is 4. The predicted molar refractivity (Wildman–Crippen MR) is 76.4 cm³/mol. The number of benzene rings is 1. The van der Waals surface area contributed by atoms with Gasteiger partial charge in [0.25, 0.3) is 0 Å². The second kappa shape index (κ2) is 5.53. The molecule has 3 rings (SSSR count). The molecule has 0 aliphatic carbocycles. The van der Waals surface area contributed by atoms with Gasteiger partial charge < -0.3 is 10.2 Å². The summed E-state index contributed by atoms with van der Waals surface area (Å²) in [5, 5.41) is 3.57. The van der Waals surface area contributed by atoms with E-state index in [4.69, 9.17) is 0 Å². The van der Waals surface area contributed by atoms with E-state index >= 15 is 0 Å². The molecule has 116 valence electrons. The van der Waals surface area contributed by atoms with Gasteiger partial charge in [0, 0.05) is 30.9 Å². The largest absolute Gasteiger partial charge is 0.370 e. The summed E-state index contributed by atoms with van der Waals surface area (Å²) < 4.78 is 47.8. The van der Waals surface area contributed by atoms with Crippen LogP contribution in [0.1, 0.15) is 19.3 Å². The van der Waals surface area contributed by atoms with E-state index in [-0.39, 0.29) is 4.90 Å². The van der Waals surface area contributed by atoms with Crippen LogP contribution in [0.25, 0.3) is 0 Å². The number of nitrogens with one attached hydrogen (secondary N) is 1. The van der Waals surface area contributed by atoms with E-state index in [1.54, 1.807) is 12.1 Å². The third-order valence-electron chi connectivity index (χ3n) is 4.29. The van der Waals surface area contributed by atoms with E-state index in [9.17, 15) is 17.2 Å². The lowest BCUT2D eigenvalue weighted by atomic mass is 10.1. The minimum atomic E-state index is -4.50. The summed E-state index contributed by atoms with van der Waals surface area (Å²) in [6.07, 6.45) is 3.41. The number of nitrogens with zero attached hydrogens (tertiary/aromatic N) is 1. The van der Waals surface area contributed by atoms with Crippen molar-refractivity contribution >= 4 is 15.5 Å². The molecule has 1 N–H and O–H groups in total. The van der Waals surface area contributed by atoms with Gasteiger partial charge in [-0.1, -0.05) is 0 Å². The first-order chi connectivity index (χ1) is 9.96. The first-order valence-corrected chi connectivity index (χ1v) is 8.64. The smallest absolute Gasteiger partial charge is 0.341 e. The number of sulfone groups is 1. The summed E-state index contributed by atoms with van der Waals surface area (Å²) in [5.74, 6) is -3.37. The number of rotatable bonds is 3. The van der Waals surface area contributed by atoms with Crippen LogP contribution in [-0.2, 0) is 9.84 Å². The zero-order chi connectivity index (χ0) is 15.0. The highest BCUT2D eigenvalue weighted by molar-refractivity contribution is 7.91. The van der Waals surface area contributed by atoms with Gasteiger partial charge in [-0.2, -0.15) is 8.78 Å². The van der Waals surface area contributed by atoms with Crippen molar-refractivity contribution in [3.8, 4) is 0 Å². The van der Waals surface area contributed by atoms with E-state index < -0.39 is 15.6 Å². The lowest BCUT2D eigenvalue weighted by Gasteiger charge is -2.26. The van der Waals surface area contributed by atoms with Crippen LogP contribution in [0.4, 0.5) is 14.5 Å². The molecular weight excluding hydrogens is 298 g/mol. The molecule has 2 fully saturated rings. The second-order valence-electron chi connectivity index (χ2n) is 5.67. The highest BCUT2D eigenvalue weighted by atomic mass is 32.2. The van der Waals surface area contributed by atoms with Crippen LogP contribution in [0.5, 0.6) is 0 Å².